The van der Waals surface area contributed by atoms with E-state index < -0.39 is 22.5 Å². The van der Waals surface area contributed by atoms with Crippen LogP contribution in [0.1, 0.15) is 16.9 Å². The minimum atomic E-state index is -3.94. The molecule has 0 bridgehead atoms. The van der Waals surface area contributed by atoms with Crippen LogP contribution in [0.3, 0.4) is 0 Å². The Hall–Kier alpha value is -4.21. The summed E-state index contributed by atoms with van der Waals surface area (Å²) < 4.78 is 38.4. The van der Waals surface area contributed by atoms with Crippen molar-refractivity contribution in [2.45, 2.75) is 18.0 Å². The molecule has 1 aromatic heterocycles. The zero-order valence-corrected chi connectivity index (χ0v) is 20.2. The molecule has 36 heavy (non-hydrogen) atoms. The van der Waals surface area contributed by atoms with Crippen LogP contribution in [0.2, 0.25) is 0 Å². The van der Waals surface area contributed by atoms with Crippen molar-refractivity contribution in [2.24, 2.45) is 5.10 Å². The van der Waals surface area contributed by atoms with Gasteiger partial charge in [0.15, 0.2) is 0 Å². The van der Waals surface area contributed by atoms with Gasteiger partial charge in [0.05, 0.1) is 30.5 Å². The number of hydrogen-bond donors (Lipinski definition) is 1. The number of benzene rings is 3. The Bertz CT molecular complexity index is 1390. The lowest BCUT2D eigenvalue weighted by Gasteiger charge is -2.20. The van der Waals surface area contributed by atoms with Crippen LogP contribution in [0.25, 0.3) is 0 Å². The molecule has 0 aliphatic heterocycles. The molecular weight excluding hydrogens is 478 g/mol. The fourth-order valence-electron chi connectivity index (χ4n) is 3.34. The number of carbonyl (C=O) groups excluding carboxylic acids is 1. The van der Waals surface area contributed by atoms with Gasteiger partial charge in [0.25, 0.3) is 5.91 Å². The predicted octanol–water partition coefficient (Wildman–Crippen LogP) is 4.20. The number of carbonyl (C=O) groups is 1. The smallest absolute Gasteiger partial charge is 0.255 e. The molecule has 9 heteroatoms. The highest BCUT2D eigenvalue weighted by atomic mass is 32.2. The summed E-state index contributed by atoms with van der Waals surface area (Å²) in [7, 11) is -3.94. The van der Waals surface area contributed by atoms with E-state index in [0.29, 0.717) is 23.7 Å². The van der Waals surface area contributed by atoms with Crippen molar-refractivity contribution in [1.82, 2.24) is 9.73 Å². The SMILES string of the molecule is O=C(CN(Cc1ccco1)S(=O)(=O)c1ccccc1)N/N=C/c1cccc(OCc2ccccc2)c1. The third-order valence-corrected chi connectivity index (χ3v) is 6.93. The second kappa shape index (κ2) is 12.0. The number of rotatable bonds is 11. The molecule has 0 atom stereocenters. The third kappa shape index (κ3) is 6.91. The number of sulfonamides is 1. The molecule has 0 saturated heterocycles. The number of furan rings is 1. The zero-order chi connectivity index (χ0) is 25.2. The molecule has 3 aromatic carbocycles. The molecule has 0 fully saturated rings. The van der Waals surface area contributed by atoms with E-state index in [1.807, 2.05) is 48.5 Å². The van der Waals surface area contributed by atoms with Crippen LogP contribution in [-0.2, 0) is 28.0 Å². The highest BCUT2D eigenvalue weighted by molar-refractivity contribution is 7.89. The fraction of sp³-hybridized carbons (Fsp3) is 0.111. The van der Waals surface area contributed by atoms with Gasteiger partial charge in [-0.05, 0) is 47.5 Å². The molecule has 8 nitrogen and oxygen atoms in total. The largest absolute Gasteiger partial charge is 0.489 e. The highest BCUT2D eigenvalue weighted by Crippen LogP contribution is 2.18. The van der Waals surface area contributed by atoms with Crippen molar-refractivity contribution in [3.05, 3.63) is 120 Å². The maximum atomic E-state index is 13.1. The lowest BCUT2D eigenvalue weighted by molar-refractivity contribution is -0.121. The van der Waals surface area contributed by atoms with Gasteiger partial charge in [-0.1, -0.05) is 60.7 Å². The molecule has 4 aromatic rings. The maximum Gasteiger partial charge on any atom is 0.255 e. The number of nitrogens with one attached hydrogen (secondary N) is 1. The van der Waals surface area contributed by atoms with Gasteiger partial charge < -0.3 is 9.15 Å². The Balaban J connectivity index is 1.38. The van der Waals surface area contributed by atoms with E-state index in [1.165, 1.54) is 24.6 Å². The summed E-state index contributed by atoms with van der Waals surface area (Å²) in [6.45, 7) is -0.1000. The zero-order valence-electron chi connectivity index (χ0n) is 19.4. The lowest BCUT2D eigenvalue weighted by atomic mass is 10.2. The Morgan fingerprint density at radius 1 is 0.944 bits per heavy atom. The van der Waals surface area contributed by atoms with Crippen LogP contribution in [0.15, 0.2) is 118 Å². The van der Waals surface area contributed by atoms with Crippen molar-refractivity contribution in [2.75, 3.05) is 6.54 Å². The first kappa shape index (κ1) is 24.9. The van der Waals surface area contributed by atoms with E-state index in [0.717, 1.165) is 9.87 Å². The molecule has 0 spiro atoms. The molecule has 0 aliphatic rings. The average molecular weight is 504 g/mol. The molecule has 0 unspecified atom stereocenters. The van der Waals surface area contributed by atoms with Crippen LogP contribution in [-0.4, -0.2) is 31.4 Å². The standard InChI is InChI=1S/C27H25N3O5S/c31-27(20-30(19-25-13-8-16-34-25)36(32,33)26-14-5-2-6-15-26)29-28-18-23-11-7-12-24(17-23)35-21-22-9-3-1-4-10-22/h1-18H,19-21H2,(H,29,31)/b28-18+. The predicted molar refractivity (Wildman–Crippen MR) is 136 cm³/mol. The number of hydrogen-bond acceptors (Lipinski definition) is 6. The summed E-state index contributed by atoms with van der Waals surface area (Å²) >= 11 is 0. The first-order valence-electron chi connectivity index (χ1n) is 11.2. The number of amides is 1. The van der Waals surface area contributed by atoms with Gasteiger partial charge in [0.2, 0.25) is 10.0 Å². The molecule has 1 amide bonds. The maximum absolute atomic E-state index is 13.1. The molecule has 0 aliphatic carbocycles. The van der Waals surface area contributed by atoms with E-state index in [1.54, 1.807) is 36.4 Å². The Morgan fingerprint density at radius 3 is 2.42 bits per heavy atom. The molecule has 1 heterocycles. The summed E-state index contributed by atoms with van der Waals surface area (Å²) in [6.07, 6.45) is 2.92. The monoisotopic (exact) mass is 503 g/mol. The second-order valence-electron chi connectivity index (χ2n) is 7.81. The van der Waals surface area contributed by atoms with Crippen molar-refractivity contribution in [3.63, 3.8) is 0 Å². The van der Waals surface area contributed by atoms with Crippen LogP contribution >= 0.6 is 0 Å². The van der Waals surface area contributed by atoms with Gasteiger partial charge in [-0.25, -0.2) is 13.8 Å². The summed E-state index contributed by atoms with van der Waals surface area (Å²) in [5.74, 6) is 0.486. The third-order valence-electron chi connectivity index (χ3n) is 5.12. The van der Waals surface area contributed by atoms with Crippen LogP contribution in [0, 0.1) is 0 Å². The highest BCUT2D eigenvalue weighted by Gasteiger charge is 2.27. The van der Waals surface area contributed by atoms with Crippen LogP contribution < -0.4 is 10.2 Å². The minimum Gasteiger partial charge on any atom is -0.489 e. The Labute approximate surface area is 209 Å². The number of ether oxygens (including phenoxy) is 1. The van der Waals surface area contributed by atoms with Gasteiger partial charge >= 0.3 is 0 Å². The molecule has 184 valence electrons. The summed E-state index contributed by atoms with van der Waals surface area (Å²) in [5.41, 5.74) is 4.16. The topological polar surface area (TPSA) is 101 Å². The number of hydrazone groups is 1. The second-order valence-corrected chi connectivity index (χ2v) is 9.74. The van der Waals surface area contributed by atoms with E-state index in [-0.39, 0.29) is 11.4 Å². The first-order valence-corrected chi connectivity index (χ1v) is 12.6. The van der Waals surface area contributed by atoms with Gasteiger partial charge in [-0.15, -0.1) is 0 Å². The van der Waals surface area contributed by atoms with E-state index in [9.17, 15) is 13.2 Å². The van der Waals surface area contributed by atoms with Crippen molar-refractivity contribution in [3.8, 4) is 5.75 Å². The van der Waals surface area contributed by atoms with E-state index in [2.05, 4.69) is 10.5 Å². The minimum absolute atomic E-state index is 0.0835. The van der Waals surface area contributed by atoms with Gasteiger partial charge in [-0.2, -0.15) is 9.41 Å². The molecule has 0 radical (unpaired) electrons. The van der Waals surface area contributed by atoms with Crippen molar-refractivity contribution >= 4 is 22.1 Å². The first-order chi connectivity index (χ1) is 17.5. The van der Waals surface area contributed by atoms with Crippen LogP contribution in [0.5, 0.6) is 5.75 Å². The van der Waals surface area contributed by atoms with Crippen LogP contribution in [0.4, 0.5) is 0 Å². The molecular formula is C27H25N3O5S. The number of nitrogens with zero attached hydrogens (tertiary/aromatic N) is 2. The van der Waals surface area contributed by atoms with Crippen molar-refractivity contribution < 1.29 is 22.4 Å². The fourth-order valence-corrected chi connectivity index (χ4v) is 4.73. The molecule has 0 saturated carbocycles. The van der Waals surface area contributed by atoms with Gasteiger partial charge in [0, 0.05) is 0 Å². The van der Waals surface area contributed by atoms with E-state index in [4.69, 9.17) is 9.15 Å². The normalized spacial score (nSPS) is 11.6. The Morgan fingerprint density at radius 2 is 1.69 bits per heavy atom. The average Bonchev–Trinajstić information content (AvgIpc) is 3.42. The van der Waals surface area contributed by atoms with Crippen molar-refractivity contribution in [1.29, 1.82) is 0 Å². The van der Waals surface area contributed by atoms with E-state index >= 15 is 0 Å². The quantitative estimate of drug-likeness (QED) is 0.244. The summed E-state index contributed by atoms with van der Waals surface area (Å²) in [6, 6.07) is 28.3. The summed E-state index contributed by atoms with van der Waals surface area (Å²) in [5, 5.41) is 3.98. The lowest BCUT2D eigenvalue weighted by Crippen LogP contribution is -2.38. The van der Waals surface area contributed by atoms with Gasteiger partial charge in [-0.3, -0.25) is 4.79 Å². The Kier molecular flexibility index (Phi) is 8.28. The van der Waals surface area contributed by atoms with Gasteiger partial charge in [0.1, 0.15) is 18.1 Å². The molecule has 4 rings (SSSR count). The molecule has 1 N–H and O–H groups in total. The summed E-state index contributed by atoms with van der Waals surface area (Å²) in [4.78, 5) is 12.7.